The van der Waals surface area contributed by atoms with E-state index in [-0.39, 0.29) is 6.42 Å². The molecule has 0 radical (unpaired) electrons. The Kier molecular flexibility index (Phi) is 4.58. The fourth-order valence-electron chi connectivity index (χ4n) is 1.94. The lowest BCUT2D eigenvalue weighted by molar-refractivity contribution is -0.136. The van der Waals surface area contributed by atoms with Crippen LogP contribution in [-0.2, 0) is 11.2 Å². The van der Waals surface area contributed by atoms with Crippen LogP contribution < -0.4 is 4.90 Å². The molecule has 1 aliphatic carbocycles. The summed E-state index contributed by atoms with van der Waals surface area (Å²) in [4.78, 5) is 17.5. The average Bonchev–Trinajstić information content (AvgIpc) is 3.02. The van der Waals surface area contributed by atoms with E-state index in [4.69, 9.17) is 5.11 Å². The monoisotopic (exact) mass is 268 g/mol. The molecule has 100 valence electrons. The largest absolute Gasteiger partial charge is 0.481 e. The van der Waals surface area contributed by atoms with Crippen LogP contribution >= 0.6 is 11.3 Å². The number of carboxylic acid groups (broad SMARTS) is 1. The first-order chi connectivity index (χ1) is 8.69. The van der Waals surface area contributed by atoms with Gasteiger partial charge in [0.2, 0.25) is 0 Å². The van der Waals surface area contributed by atoms with Crippen LogP contribution in [0, 0.1) is 5.92 Å². The lowest BCUT2D eigenvalue weighted by atomic mass is 10.2. The number of carbonyl (C=O) groups is 1. The minimum absolute atomic E-state index is 0.166. The van der Waals surface area contributed by atoms with E-state index in [1.165, 1.54) is 12.8 Å². The van der Waals surface area contributed by atoms with Crippen molar-refractivity contribution in [1.29, 1.82) is 0 Å². The second kappa shape index (κ2) is 6.18. The Hall–Kier alpha value is -1.10. The number of rotatable bonds is 8. The standard InChI is InChI=1S/C13H20N2O2S/c1-2-7-15(8-10-3-4-10)13-14-11(9-18-13)5-6-12(16)17/h9-10H,2-8H2,1H3,(H,16,17). The zero-order chi connectivity index (χ0) is 13.0. The molecule has 1 aliphatic rings. The van der Waals surface area contributed by atoms with Crippen LogP contribution in [0.2, 0.25) is 0 Å². The number of aliphatic carboxylic acids is 1. The number of nitrogens with zero attached hydrogens (tertiary/aromatic N) is 2. The average molecular weight is 268 g/mol. The van der Waals surface area contributed by atoms with Crippen molar-refractivity contribution in [2.45, 2.75) is 39.0 Å². The molecular formula is C13H20N2O2S. The molecule has 0 bridgehead atoms. The van der Waals surface area contributed by atoms with Crippen molar-refractivity contribution in [2.75, 3.05) is 18.0 Å². The number of thiazole rings is 1. The molecule has 18 heavy (non-hydrogen) atoms. The van der Waals surface area contributed by atoms with E-state index in [0.29, 0.717) is 6.42 Å². The highest BCUT2D eigenvalue weighted by atomic mass is 32.1. The van der Waals surface area contributed by atoms with Crippen LogP contribution in [0.15, 0.2) is 5.38 Å². The van der Waals surface area contributed by atoms with Crippen molar-refractivity contribution in [3.05, 3.63) is 11.1 Å². The molecule has 1 N–H and O–H groups in total. The third-order valence-corrected chi connectivity index (χ3v) is 4.02. The molecule has 0 saturated heterocycles. The lowest BCUT2D eigenvalue weighted by Crippen LogP contribution is -2.26. The predicted molar refractivity (Wildman–Crippen MR) is 73.3 cm³/mol. The highest BCUT2D eigenvalue weighted by Gasteiger charge is 2.25. The van der Waals surface area contributed by atoms with Crippen molar-refractivity contribution in [1.82, 2.24) is 4.98 Å². The number of aryl methyl sites for hydroxylation is 1. The van der Waals surface area contributed by atoms with Gasteiger partial charge in [0.15, 0.2) is 5.13 Å². The van der Waals surface area contributed by atoms with Crippen LogP contribution in [0.4, 0.5) is 5.13 Å². The topological polar surface area (TPSA) is 53.4 Å². The van der Waals surface area contributed by atoms with Crippen LogP contribution in [0.1, 0.15) is 38.3 Å². The first-order valence-electron chi connectivity index (χ1n) is 6.60. The number of anilines is 1. The van der Waals surface area contributed by atoms with Gasteiger partial charge in [0.05, 0.1) is 12.1 Å². The van der Waals surface area contributed by atoms with Crippen LogP contribution in [0.3, 0.4) is 0 Å². The highest BCUT2D eigenvalue weighted by Crippen LogP contribution is 2.32. The molecule has 0 unspecified atom stereocenters. The van der Waals surface area contributed by atoms with Gasteiger partial charge in [0, 0.05) is 24.9 Å². The van der Waals surface area contributed by atoms with Gasteiger partial charge in [-0.2, -0.15) is 0 Å². The summed E-state index contributed by atoms with van der Waals surface area (Å²) in [6, 6.07) is 0. The fourth-order valence-corrected chi connectivity index (χ4v) is 2.84. The lowest BCUT2D eigenvalue weighted by Gasteiger charge is -2.20. The molecule has 4 nitrogen and oxygen atoms in total. The molecule has 2 rings (SSSR count). The second-order valence-electron chi connectivity index (χ2n) is 4.90. The van der Waals surface area contributed by atoms with E-state index in [1.807, 2.05) is 5.38 Å². The Balaban J connectivity index is 1.93. The molecule has 1 aromatic heterocycles. The van der Waals surface area contributed by atoms with Gasteiger partial charge in [0.1, 0.15) is 0 Å². The van der Waals surface area contributed by atoms with Gasteiger partial charge in [-0.15, -0.1) is 11.3 Å². The maximum absolute atomic E-state index is 10.5. The van der Waals surface area contributed by atoms with Gasteiger partial charge in [-0.05, 0) is 25.2 Å². The van der Waals surface area contributed by atoms with Crippen molar-refractivity contribution >= 4 is 22.4 Å². The van der Waals surface area contributed by atoms with Gasteiger partial charge < -0.3 is 10.0 Å². The minimum atomic E-state index is -0.757. The number of carboxylic acids is 1. The summed E-state index contributed by atoms with van der Waals surface area (Å²) in [5, 5.41) is 11.7. The van der Waals surface area contributed by atoms with E-state index < -0.39 is 5.97 Å². The Labute approximate surface area is 112 Å². The van der Waals surface area contributed by atoms with Crippen molar-refractivity contribution < 1.29 is 9.90 Å². The smallest absolute Gasteiger partial charge is 0.303 e. The molecular weight excluding hydrogens is 248 g/mol. The van der Waals surface area contributed by atoms with E-state index >= 15 is 0 Å². The molecule has 1 fully saturated rings. The zero-order valence-electron chi connectivity index (χ0n) is 10.8. The number of aromatic nitrogens is 1. The Bertz CT molecular complexity index is 401. The number of hydrogen-bond acceptors (Lipinski definition) is 4. The Morgan fingerprint density at radius 3 is 3.00 bits per heavy atom. The maximum Gasteiger partial charge on any atom is 0.303 e. The summed E-state index contributed by atoms with van der Waals surface area (Å²) in [5.41, 5.74) is 0.911. The molecule has 0 amide bonds. The first-order valence-corrected chi connectivity index (χ1v) is 7.48. The van der Waals surface area contributed by atoms with Crippen LogP contribution in [-0.4, -0.2) is 29.1 Å². The molecule has 0 aliphatic heterocycles. The Morgan fingerprint density at radius 2 is 2.39 bits per heavy atom. The van der Waals surface area contributed by atoms with E-state index in [9.17, 15) is 4.79 Å². The van der Waals surface area contributed by atoms with E-state index in [0.717, 1.165) is 36.3 Å². The summed E-state index contributed by atoms with van der Waals surface area (Å²) >= 11 is 1.64. The Morgan fingerprint density at radius 1 is 1.61 bits per heavy atom. The van der Waals surface area contributed by atoms with Crippen molar-refractivity contribution in [3.8, 4) is 0 Å². The van der Waals surface area contributed by atoms with E-state index in [1.54, 1.807) is 11.3 Å². The normalized spacial score (nSPS) is 14.7. The molecule has 1 heterocycles. The quantitative estimate of drug-likeness (QED) is 0.787. The molecule has 1 aromatic rings. The minimum Gasteiger partial charge on any atom is -0.481 e. The van der Waals surface area contributed by atoms with Gasteiger partial charge in [-0.3, -0.25) is 4.79 Å². The van der Waals surface area contributed by atoms with Gasteiger partial charge in [0.25, 0.3) is 0 Å². The summed E-state index contributed by atoms with van der Waals surface area (Å²) < 4.78 is 0. The molecule has 0 aromatic carbocycles. The second-order valence-corrected chi connectivity index (χ2v) is 5.74. The van der Waals surface area contributed by atoms with Gasteiger partial charge in [-0.1, -0.05) is 6.92 Å². The highest BCUT2D eigenvalue weighted by molar-refractivity contribution is 7.13. The van der Waals surface area contributed by atoms with Crippen molar-refractivity contribution in [2.24, 2.45) is 5.92 Å². The van der Waals surface area contributed by atoms with Gasteiger partial charge in [-0.25, -0.2) is 4.98 Å². The molecule has 1 saturated carbocycles. The summed E-state index contributed by atoms with van der Waals surface area (Å²) in [6.07, 6.45) is 4.51. The predicted octanol–water partition coefficient (Wildman–Crippen LogP) is 2.79. The third-order valence-electron chi connectivity index (χ3n) is 3.07. The molecule has 0 spiro atoms. The SMILES string of the molecule is CCCN(CC1CC1)c1nc(CCC(=O)O)cs1. The zero-order valence-corrected chi connectivity index (χ0v) is 11.6. The molecule has 5 heteroatoms. The van der Waals surface area contributed by atoms with Crippen molar-refractivity contribution in [3.63, 3.8) is 0 Å². The fraction of sp³-hybridized carbons (Fsp3) is 0.692. The van der Waals surface area contributed by atoms with E-state index in [2.05, 4.69) is 16.8 Å². The summed E-state index contributed by atoms with van der Waals surface area (Å²) in [6.45, 7) is 4.33. The third kappa shape index (κ3) is 3.98. The van der Waals surface area contributed by atoms with Crippen LogP contribution in [0.25, 0.3) is 0 Å². The number of hydrogen-bond donors (Lipinski definition) is 1. The summed E-state index contributed by atoms with van der Waals surface area (Å²) in [5.74, 6) is 0.0934. The van der Waals surface area contributed by atoms with Crippen LogP contribution in [0.5, 0.6) is 0 Å². The molecule has 0 atom stereocenters. The summed E-state index contributed by atoms with van der Waals surface area (Å²) in [7, 11) is 0. The van der Waals surface area contributed by atoms with Gasteiger partial charge >= 0.3 is 5.97 Å². The first kappa shape index (κ1) is 13.3. The maximum atomic E-state index is 10.5.